The molecule has 26 heavy (non-hydrogen) atoms. The van der Waals surface area contributed by atoms with Gasteiger partial charge in [0.15, 0.2) is 5.17 Å². The van der Waals surface area contributed by atoms with E-state index in [1.165, 1.54) is 23.9 Å². The number of aliphatic imine (C=N–C) groups is 1. The molecule has 1 atom stereocenters. The highest BCUT2D eigenvalue weighted by Crippen LogP contribution is 2.37. The lowest BCUT2D eigenvalue weighted by Crippen LogP contribution is -2.64. The highest BCUT2D eigenvalue weighted by Gasteiger charge is 2.32. The molecule has 0 bridgehead atoms. The van der Waals surface area contributed by atoms with Gasteiger partial charge in [-0.3, -0.25) is 15.6 Å². The van der Waals surface area contributed by atoms with Gasteiger partial charge < -0.3 is 11.1 Å². The number of nitrogens with zero attached hydrogens (tertiary/aromatic N) is 1. The Morgan fingerprint density at radius 2 is 2.19 bits per heavy atom. The maximum absolute atomic E-state index is 14.4. The van der Waals surface area contributed by atoms with Crippen molar-refractivity contribution >= 4 is 41.2 Å². The second-order valence-electron chi connectivity index (χ2n) is 6.56. The summed E-state index contributed by atoms with van der Waals surface area (Å²) in [5, 5.41) is 3.19. The summed E-state index contributed by atoms with van der Waals surface area (Å²) < 4.78 is 14.4. The smallest absolute Gasteiger partial charge is 0.263 e. The molecule has 0 unspecified atom stereocenters. The van der Waals surface area contributed by atoms with E-state index in [4.69, 9.17) is 5.73 Å². The number of carbonyl (C=O) groups is 1. The molecule has 1 aromatic rings. The standard InChI is InChI=1S/C17H24FN5OS2/c1-9(2)13(23-20)14(25)15(24)21-10-4-5-12(18)11(8-10)17(3)6-7-26-16(19)22-17/h4-5,8-9,23,25H,6-7,20H2,1-3H3,(H2,19,22)(H,21,24)/p+1/b14-13-/t17-/m0/s1. The number of benzene rings is 1. The zero-order valence-electron chi connectivity index (χ0n) is 15.1. The van der Waals surface area contributed by atoms with Crippen molar-refractivity contribution in [2.24, 2.45) is 16.6 Å². The fraction of sp³-hybridized carbons (Fsp3) is 0.412. The van der Waals surface area contributed by atoms with Crippen molar-refractivity contribution in [1.29, 1.82) is 0 Å². The molecule has 1 amide bonds. The summed E-state index contributed by atoms with van der Waals surface area (Å²) in [4.78, 5) is 17.1. The van der Waals surface area contributed by atoms with E-state index < -0.39 is 11.4 Å². The number of rotatable bonds is 5. The molecule has 1 aromatic carbocycles. The quantitative estimate of drug-likeness (QED) is 0.297. The number of thioether (sulfide) groups is 1. The Bertz CT molecular complexity index is 766. The molecule has 1 aliphatic heterocycles. The van der Waals surface area contributed by atoms with Crippen LogP contribution in [0.2, 0.25) is 0 Å². The van der Waals surface area contributed by atoms with Crippen molar-refractivity contribution in [2.45, 2.75) is 32.7 Å². The van der Waals surface area contributed by atoms with Crippen LogP contribution in [0.5, 0.6) is 0 Å². The van der Waals surface area contributed by atoms with Crippen LogP contribution in [-0.4, -0.2) is 16.8 Å². The number of carbonyl (C=O) groups excluding carboxylic acids is 1. The summed E-state index contributed by atoms with van der Waals surface area (Å²) in [5.74, 6) is 3.66. The molecule has 0 spiro atoms. The van der Waals surface area contributed by atoms with Gasteiger partial charge in [-0.15, -0.1) is 12.6 Å². The number of hydrogen-bond acceptors (Lipinski definition) is 6. The van der Waals surface area contributed by atoms with E-state index in [0.717, 1.165) is 5.75 Å². The van der Waals surface area contributed by atoms with Crippen molar-refractivity contribution in [3.8, 4) is 0 Å². The summed E-state index contributed by atoms with van der Waals surface area (Å²) >= 11 is 5.75. The number of thiol groups is 1. The molecule has 1 aliphatic rings. The summed E-state index contributed by atoms with van der Waals surface area (Å²) in [6.07, 6.45) is 0.660. The maximum atomic E-state index is 14.4. The number of quaternary nitrogens is 1. The van der Waals surface area contributed by atoms with E-state index in [1.54, 1.807) is 6.07 Å². The number of amidine groups is 1. The van der Waals surface area contributed by atoms with Gasteiger partial charge in [-0.1, -0.05) is 25.6 Å². The molecule has 0 aliphatic carbocycles. The van der Waals surface area contributed by atoms with Crippen LogP contribution in [0.1, 0.15) is 32.8 Å². The normalized spacial score (nSPS) is 21.1. The van der Waals surface area contributed by atoms with E-state index in [1.807, 2.05) is 20.8 Å². The molecular formula is C17H25FN5OS2+. The zero-order chi connectivity index (χ0) is 19.5. The third-order valence-corrected chi connectivity index (χ3v) is 5.48. The van der Waals surface area contributed by atoms with Crippen molar-refractivity contribution < 1.29 is 15.0 Å². The minimum atomic E-state index is -0.752. The van der Waals surface area contributed by atoms with Crippen LogP contribution in [0.4, 0.5) is 10.1 Å². The number of nitrogens with two attached hydrogens (primary N) is 1. The molecule has 0 aromatic heterocycles. The fourth-order valence-corrected chi connectivity index (χ4v) is 4.14. The predicted octanol–water partition coefficient (Wildman–Crippen LogP) is 1.97. The van der Waals surface area contributed by atoms with Crippen molar-refractivity contribution in [3.63, 3.8) is 0 Å². The number of halogens is 1. The Hall–Kier alpha value is -1.71. The molecule has 6 nitrogen and oxygen atoms in total. The van der Waals surface area contributed by atoms with Crippen LogP contribution < -0.4 is 22.3 Å². The molecule has 142 valence electrons. The molecule has 9 heteroatoms. The van der Waals surface area contributed by atoms with Gasteiger partial charge in [-0.2, -0.15) is 0 Å². The van der Waals surface area contributed by atoms with Crippen molar-refractivity contribution in [2.75, 3.05) is 11.1 Å². The first-order chi connectivity index (χ1) is 12.2. The fourth-order valence-electron chi connectivity index (χ4n) is 2.77. The average molecular weight is 399 g/mol. The SMILES string of the molecule is CC(C)/C(N[NH3+])=C(/S)C(=O)Nc1ccc(F)c([C@]2(C)CCSC(N)=N2)c1. The minimum absolute atomic E-state index is 0.0606. The Morgan fingerprint density at radius 3 is 2.77 bits per heavy atom. The lowest BCUT2D eigenvalue weighted by molar-refractivity contribution is -0.433. The Morgan fingerprint density at radius 1 is 1.50 bits per heavy atom. The van der Waals surface area contributed by atoms with Gasteiger partial charge in [0.1, 0.15) is 5.82 Å². The molecule has 0 saturated heterocycles. The summed E-state index contributed by atoms with van der Waals surface area (Å²) in [7, 11) is 0. The second kappa shape index (κ2) is 8.32. The van der Waals surface area contributed by atoms with E-state index >= 15 is 0 Å². The Balaban J connectivity index is 2.33. The zero-order valence-corrected chi connectivity index (χ0v) is 16.8. The van der Waals surface area contributed by atoms with Gasteiger partial charge >= 0.3 is 0 Å². The highest BCUT2D eigenvalue weighted by atomic mass is 32.2. The third kappa shape index (κ3) is 4.52. The molecule has 1 heterocycles. The number of nitrogens with one attached hydrogen (secondary N) is 2. The van der Waals surface area contributed by atoms with Gasteiger partial charge in [0.05, 0.1) is 16.1 Å². The van der Waals surface area contributed by atoms with E-state index in [0.29, 0.717) is 28.5 Å². The van der Waals surface area contributed by atoms with E-state index in [9.17, 15) is 9.18 Å². The largest absolute Gasteiger partial charge is 0.379 e. The maximum Gasteiger partial charge on any atom is 0.263 e. The first kappa shape index (κ1) is 20.6. The number of hydrogen-bond donors (Lipinski definition) is 5. The topological polar surface area (TPSA) is 107 Å². The summed E-state index contributed by atoms with van der Waals surface area (Å²) in [6.45, 7) is 5.70. The van der Waals surface area contributed by atoms with Gasteiger partial charge in [0.25, 0.3) is 5.91 Å². The third-order valence-electron chi connectivity index (χ3n) is 4.24. The van der Waals surface area contributed by atoms with Crippen molar-refractivity contribution in [3.05, 3.63) is 40.2 Å². The Labute approximate surface area is 162 Å². The second-order valence-corrected chi connectivity index (χ2v) is 8.13. The molecule has 0 saturated carbocycles. The summed E-state index contributed by atoms with van der Waals surface area (Å²) in [6, 6.07) is 4.45. The number of amides is 1. The Kier molecular flexibility index (Phi) is 6.59. The monoisotopic (exact) mass is 398 g/mol. The molecule has 0 radical (unpaired) electrons. The molecular weight excluding hydrogens is 373 g/mol. The van der Waals surface area contributed by atoms with Crippen LogP contribution in [-0.2, 0) is 10.3 Å². The average Bonchev–Trinajstić information content (AvgIpc) is 2.56. The van der Waals surface area contributed by atoms with Crippen molar-refractivity contribution in [1.82, 2.24) is 5.43 Å². The van der Waals surface area contributed by atoms with E-state index in [2.05, 4.69) is 34.2 Å². The van der Waals surface area contributed by atoms with Crippen LogP contribution >= 0.6 is 24.4 Å². The first-order valence-corrected chi connectivity index (χ1v) is 9.67. The van der Waals surface area contributed by atoms with Crippen LogP contribution in [0, 0.1) is 11.7 Å². The van der Waals surface area contributed by atoms with Crippen LogP contribution in [0.25, 0.3) is 0 Å². The highest BCUT2D eigenvalue weighted by molar-refractivity contribution is 8.13. The van der Waals surface area contributed by atoms with Gasteiger partial charge in [-0.05, 0) is 37.5 Å². The lowest BCUT2D eigenvalue weighted by Gasteiger charge is -2.30. The summed E-state index contributed by atoms with van der Waals surface area (Å²) in [5.41, 5.74) is 9.32. The van der Waals surface area contributed by atoms with Gasteiger partial charge in [-0.25, -0.2) is 9.82 Å². The molecule has 0 fully saturated rings. The number of anilines is 1. The first-order valence-electron chi connectivity index (χ1n) is 8.23. The lowest BCUT2D eigenvalue weighted by atomic mass is 9.89. The minimum Gasteiger partial charge on any atom is -0.379 e. The van der Waals surface area contributed by atoms with E-state index in [-0.39, 0.29) is 16.6 Å². The molecule has 7 N–H and O–H groups in total. The van der Waals surface area contributed by atoms with Crippen LogP contribution in [0.3, 0.4) is 0 Å². The predicted molar refractivity (Wildman–Crippen MR) is 108 cm³/mol. The molecule has 2 rings (SSSR count). The number of allylic oxidation sites excluding steroid dienone is 1. The van der Waals surface area contributed by atoms with Gasteiger partial charge in [0, 0.05) is 17.0 Å². The van der Waals surface area contributed by atoms with Gasteiger partial charge in [0.2, 0.25) is 0 Å². The van der Waals surface area contributed by atoms with Crippen LogP contribution in [0.15, 0.2) is 33.8 Å².